The average Bonchev–Trinajstić information content (AvgIpc) is 3.42. The monoisotopic (exact) mass is 574 g/mol. The van der Waals surface area contributed by atoms with Crippen molar-refractivity contribution in [2.45, 2.75) is 18.4 Å². The average molecular weight is 575 g/mol. The molecule has 0 spiro atoms. The highest BCUT2D eigenvalue weighted by molar-refractivity contribution is 8.19. The van der Waals surface area contributed by atoms with Crippen molar-refractivity contribution in [3.05, 3.63) is 82.2 Å². The van der Waals surface area contributed by atoms with Gasteiger partial charge in [-0.2, -0.15) is 0 Å². The number of amidine groups is 1. The summed E-state index contributed by atoms with van der Waals surface area (Å²) in [5, 5.41) is 4.70. The van der Waals surface area contributed by atoms with Crippen molar-refractivity contribution in [2.75, 3.05) is 43.6 Å². The van der Waals surface area contributed by atoms with Crippen LogP contribution < -0.4 is 20.7 Å². The Morgan fingerprint density at radius 1 is 1.07 bits per heavy atom. The first-order chi connectivity index (χ1) is 19.2. The van der Waals surface area contributed by atoms with Gasteiger partial charge in [-0.05, 0) is 54.6 Å². The molecule has 3 aromatic carbocycles. The number of ether oxygens (including phenoxy) is 1. The molecule has 0 radical (unpaired) electrons. The molecule has 0 aliphatic carbocycles. The van der Waals surface area contributed by atoms with Gasteiger partial charge in [-0.15, -0.1) is 0 Å². The van der Waals surface area contributed by atoms with Crippen molar-refractivity contribution in [2.24, 2.45) is 4.99 Å². The van der Waals surface area contributed by atoms with Crippen LogP contribution >= 0.6 is 23.5 Å². The molecule has 2 heterocycles. The molecule has 0 atom stereocenters. The first-order valence-corrected chi connectivity index (χ1v) is 14.3. The number of carbonyl (C=O) groups is 2. The molecule has 0 bridgehead atoms. The lowest BCUT2D eigenvalue weighted by Crippen LogP contribution is -2.29. The summed E-state index contributed by atoms with van der Waals surface area (Å²) >= 11 is 2.86. The van der Waals surface area contributed by atoms with Crippen molar-refractivity contribution < 1.29 is 14.3 Å². The lowest BCUT2D eigenvalue weighted by molar-refractivity contribution is -0.122. The third-order valence-corrected chi connectivity index (χ3v) is 8.65. The Balaban J connectivity index is 1.53. The third kappa shape index (κ3) is 5.61. The summed E-state index contributed by atoms with van der Waals surface area (Å²) in [5.41, 5.74) is 10.1. The van der Waals surface area contributed by atoms with Crippen LogP contribution in [0.5, 0.6) is 5.75 Å². The van der Waals surface area contributed by atoms with E-state index in [1.165, 1.54) is 28.4 Å². The number of aliphatic imine (C=N–C) groups is 1. The molecule has 0 aromatic heterocycles. The number of nitrogens with zero attached hydrogens (tertiary/aromatic N) is 4. The predicted octanol–water partition coefficient (Wildman–Crippen LogP) is 5.94. The summed E-state index contributed by atoms with van der Waals surface area (Å²) in [7, 11) is 5.17. The van der Waals surface area contributed by atoms with Gasteiger partial charge >= 0.3 is 6.09 Å². The summed E-state index contributed by atoms with van der Waals surface area (Å²) in [5.74, 6) is 0.315. The van der Waals surface area contributed by atoms with E-state index in [0.717, 1.165) is 33.4 Å². The quantitative estimate of drug-likeness (QED) is 0.276. The molecule has 0 unspecified atom stereocenters. The Morgan fingerprint density at radius 3 is 2.58 bits per heavy atom. The highest BCUT2D eigenvalue weighted by Gasteiger charge is 2.39. The molecule has 2 aliphatic rings. The van der Waals surface area contributed by atoms with E-state index in [1.54, 1.807) is 25.1 Å². The van der Waals surface area contributed by atoms with Crippen LogP contribution in [0.15, 0.2) is 86.6 Å². The van der Waals surface area contributed by atoms with Crippen molar-refractivity contribution in [3.63, 3.8) is 0 Å². The summed E-state index contributed by atoms with van der Waals surface area (Å²) < 4.78 is 5.46. The second-order valence-corrected chi connectivity index (χ2v) is 11.4. The molecule has 0 saturated carbocycles. The van der Waals surface area contributed by atoms with Gasteiger partial charge < -0.3 is 25.6 Å². The molecule has 9 nitrogen and oxygen atoms in total. The molecular formula is C29H30N6O3S2. The van der Waals surface area contributed by atoms with E-state index in [9.17, 15) is 9.59 Å². The van der Waals surface area contributed by atoms with Crippen molar-refractivity contribution >= 4 is 63.4 Å². The van der Waals surface area contributed by atoms with E-state index in [0.29, 0.717) is 33.7 Å². The Morgan fingerprint density at radius 2 is 1.85 bits per heavy atom. The fraction of sp³-hybridized carbons (Fsp3) is 0.207. The smallest absolute Gasteiger partial charge is 0.410 e. The zero-order valence-corrected chi connectivity index (χ0v) is 24.3. The van der Waals surface area contributed by atoms with Crippen LogP contribution in [-0.2, 0) is 11.3 Å². The van der Waals surface area contributed by atoms with Gasteiger partial charge in [0.15, 0.2) is 5.17 Å². The van der Waals surface area contributed by atoms with E-state index in [4.69, 9.17) is 15.5 Å². The first-order valence-electron chi connectivity index (χ1n) is 12.7. The molecule has 5 rings (SSSR count). The fourth-order valence-corrected chi connectivity index (χ4v) is 6.51. The molecule has 2 aliphatic heterocycles. The number of amides is 2. The van der Waals surface area contributed by atoms with E-state index >= 15 is 0 Å². The van der Waals surface area contributed by atoms with Crippen LogP contribution in [0.1, 0.15) is 12.5 Å². The molecule has 3 N–H and O–H groups in total. The summed E-state index contributed by atoms with van der Waals surface area (Å²) in [4.78, 5) is 37.6. The van der Waals surface area contributed by atoms with Crippen molar-refractivity contribution in [3.8, 4) is 5.75 Å². The first kappa shape index (κ1) is 27.5. The number of benzene rings is 3. The van der Waals surface area contributed by atoms with Crippen LogP contribution in [0.2, 0.25) is 0 Å². The summed E-state index contributed by atoms with van der Waals surface area (Å²) in [6, 6.07) is 20.9. The lowest BCUT2D eigenvalue weighted by Gasteiger charge is -2.17. The Bertz CT molecular complexity index is 1520. The zero-order valence-electron chi connectivity index (χ0n) is 22.7. The predicted molar refractivity (Wildman–Crippen MR) is 164 cm³/mol. The Labute approximate surface area is 242 Å². The minimum Gasteiger partial charge on any atom is -0.410 e. The number of carbonyl (C=O) groups excluding carboxylic acids is 2. The van der Waals surface area contributed by atoms with Crippen molar-refractivity contribution in [1.82, 2.24) is 9.80 Å². The van der Waals surface area contributed by atoms with Crippen molar-refractivity contribution in [1.29, 1.82) is 0 Å². The van der Waals surface area contributed by atoms with Gasteiger partial charge in [-0.25, -0.2) is 9.79 Å². The number of nitrogens with two attached hydrogens (primary N) is 1. The minimum atomic E-state index is -0.454. The largest absolute Gasteiger partial charge is 0.414 e. The maximum atomic E-state index is 14.0. The second kappa shape index (κ2) is 11.6. The molecule has 11 heteroatoms. The number of thioether (sulfide) groups is 2. The number of fused-ring (bicyclic) bond motifs is 1. The standard InChI is InChI=1S/C29H30N6O3S2/c1-5-31-21-13-11-19(30)15-22(21)32-28-35(17-18-9-7-6-8-10-18)26(36)25(40-28)27-34(4)23-16-20(12-14-24(23)39-27)38-29(37)33(2)3/h6-16,31H,5,17,30H2,1-4H3/b27-25-,32-28-. The van der Waals surface area contributed by atoms with Crippen LogP contribution in [0, 0.1) is 0 Å². The van der Waals surface area contributed by atoms with Crippen LogP contribution in [0.25, 0.3) is 0 Å². The number of rotatable bonds is 6. The highest BCUT2D eigenvalue weighted by atomic mass is 32.2. The molecule has 1 saturated heterocycles. The van der Waals surface area contributed by atoms with E-state index in [-0.39, 0.29) is 5.91 Å². The molecule has 1 fully saturated rings. The SMILES string of the molecule is CCNc1ccc(N)cc1/N=C1\S/C(=C2\Sc3ccc(OC(=O)N(C)C)cc3N2C)C(=O)N1Cc1ccccc1. The van der Waals surface area contributed by atoms with Crippen LogP contribution in [-0.4, -0.2) is 54.7 Å². The Hall–Kier alpha value is -4.09. The molecule has 206 valence electrons. The maximum Gasteiger partial charge on any atom is 0.414 e. The van der Waals surface area contributed by atoms with E-state index in [2.05, 4.69) is 5.32 Å². The Kier molecular flexibility index (Phi) is 7.95. The number of nitrogens with one attached hydrogen (secondary N) is 1. The summed E-state index contributed by atoms with van der Waals surface area (Å²) in [6.07, 6.45) is -0.454. The normalized spacial score (nSPS) is 17.4. The van der Waals surface area contributed by atoms with Gasteiger partial charge in [0.1, 0.15) is 10.7 Å². The van der Waals surface area contributed by atoms with Crippen LogP contribution in [0.3, 0.4) is 0 Å². The zero-order chi connectivity index (χ0) is 28.4. The number of anilines is 3. The second-order valence-electron chi connectivity index (χ2n) is 9.37. The number of hydrogen-bond acceptors (Lipinski definition) is 9. The topological polar surface area (TPSA) is 103 Å². The molecule has 3 aromatic rings. The highest BCUT2D eigenvalue weighted by Crippen LogP contribution is 2.51. The minimum absolute atomic E-state index is 0.122. The fourth-order valence-electron chi connectivity index (χ4n) is 4.19. The van der Waals surface area contributed by atoms with Gasteiger partial charge in [0, 0.05) is 44.3 Å². The van der Waals surface area contributed by atoms with Gasteiger partial charge in [0.25, 0.3) is 5.91 Å². The van der Waals surface area contributed by atoms with Gasteiger partial charge in [0.05, 0.1) is 28.6 Å². The van der Waals surface area contributed by atoms with E-state index in [1.807, 2.05) is 79.5 Å². The maximum absolute atomic E-state index is 14.0. The number of hydrogen-bond donors (Lipinski definition) is 2. The van der Waals surface area contributed by atoms with Gasteiger partial charge in [0.2, 0.25) is 0 Å². The lowest BCUT2D eigenvalue weighted by atomic mass is 10.2. The van der Waals surface area contributed by atoms with Crippen LogP contribution in [0.4, 0.5) is 27.5 Å². The summed E-state index contributed by atoms with van der Waals surface area (Å²) in [6.45, 7) is 3.12. The van der Waals surface area contributed by atoms with E-state index < -0.39 is 6.09 Å². The number of nitrogen functional groups attached to an aromatic ring is 1. The molecule has 40 heavy (non-hydrogen) atoms. The molecular weight excluding hydrogens is 544 g/mol. The third-order valence-electron chi connectivity index (χ3n) is 6.22. The van der Waals surface area contributed by atoms with Gasteiger partial charge in [-0.1, -0.05) is 42.1 Å². The molecule has 2 amide bonds. The van der Waals surface area contributed by atoms with Gasteiger partial charge in [-0.3, -0.25) is 9.69 Å².